The molecule has 3 aliphatic rings. The number of phenolic OH excluding ortho intramolecular Hbond substituents is 1. The molecule has 2 aromatic rings. The molecule has 2 fully saturated rings. The van der Waals surface area contributed by atoms with Crippen LogP contribution in [0.2, 0.25) is 0 Å². The van der Waals surface area contributed by atoms with Crippen LogP contribution in [0.1, 0.15) is 68.6 Å². The van der Waals surface area contributed by atoms with Gasteiger partial charge in [-0.15, -0.1) is 13.2 Å². The number of rotatable bonds is 6. The molecule has 5 atom stereocenters. The van der Waals surface area contributed by atoms with E-state index in [-0.39, 0.29) is 41.5 Å². The molecule has 2 saturated carbocycles. The third kappa shape index (κ3) is 4.98. The minimum Gasteiger partial charge on any atom is -0.504 e. The van der Waals surface area contributed by atoms with E-state index in [1.165, 1.54) is 18.2 Å². The van der Waals surface area contributed by atoms with Crippen molar-refractivity contribution in [3.63, 3.8) is 0 Å². The molecule has 0 unspecified atom stereocenters. The highest BCUT2D eigenvalue weighted by atomic mass is 19.4. The maximum Gasteiger partial charge on any atom is 0.573 e. The predicted octanol–water partition coefficient (Wildman–Crippen LogP) is 6.28. The van der Waals surface area contributed by atoms with Crippen molar-refractivity contribution < 1.29 is 37.7 Å². The van der Waals surface area contributed by atoms with Crippen molar-refractivity contribution in [2.24, 2.45) is 22.4 Å². The van der Waals surface area contributed by atoms with Gasteiger partial charge in [0.25, 0.3) is 0 Å². The van der Waals surface area contributed by atoms with E-state index in [2.05, 4.69) is 16.8 Å². The summed E-state index contributed by atoms with van der Waals surface area (Å²) in [6.07, 6.45) is -0.855. The van der Waals surface area contributed by atoms with Crippen molar-refractivity contribution in [1.29, 1.82) is 0 Å². The molecule has 2 aromatic carbocycles. The molecule has 0 radical (unpaired) electrons. The van der Waals surface area contributed by atoms with Crippen LogP contribution in [0.4, 0.5) is 13.2 Å². The Hall–Kier alpha value is -2.94. The fraction of sp³-hybridized carbons (Fsp3) is 0.536. The summed E-state index contributed by atoms with van der Waals surface area (Å²) in [5.41, 5.74) is 2.90. The lowest BCUT2D eigenvalue weighted by molar-refractivity contribution is -0.274. The number of halogens is 3. The minimum absolute atomic E-state index is 0.0284. The van der Waals surface area contributed by atoms with Crippen molar-refractivity contribution >= 4 is 5.71 Å². The number of phenols is 1. The number of hydrogen-bond donors (Lipinski definition) is 2. The van der Waals surface area contributed by atoms with Crippen molar-refractivity contribution in [2.45, 2.75) is 70.9 Å². The predicted molar refractivity (Wildman–Crippen MR) is 131 cm³/mol. The molecular formula is C28H32F3NO5. The average molecular weight is 520 g/mol. The lowest BCUT2D eigenvalue weighted by Crippen LogP contribution is -2.45. The Morgan fingerprint density at radius 3 is 2.70 bits per heavy atom. The normalized spacial score (nSPS) is 29.8. The summed E-state index contributed by atoms with van der Waals surface area (Å²) < 4.78 is 47.4. The molecule has 0 heterocycles. The van der Waals surface area contributed by atoms with Gasteiger partial charge in [0.2, 0.25) is 0 Å². The van der Waals surface area contributed by atoms with E-state index in [0.29, 0.717) is 36.0 Å². The number of aliphatic hydroxyl groups excluding tert-OH is 1. The summed E-state index contributed by atoms with van der Waals surface area (Å²) in [6, 6.07) is 9.19. The number of hydrogen-bond acceptors (Lipinski definition) is 6. The maximum atomic E-state index is 12.6. The average Bonchev–Trinajstić information content (AvgIpc) is 3.14. The maximum absolute atomic E-state index is 12.6. The van der Waals surface area contributed by atoms with Gasteiger partial charge in [-0.05, 0) is 97.6 Å². The topological polar surface area (TPSA) is 80.5 Å². The van der Waals surface area contributed by atoms with Crippen LogP contribution >= 0.6 is 0 Å². The molecule has 0 aromatic heterocycles. The van der Waals surface area contributed by atoms with Crippen molar-refractivity contribution in [1.82, 2.24) is 0 Å². The van der Waals surface area contributed by atoms with Crippen LogP contribution in [0.25, 0.3) is 0 Å². The summed E-state index contributed by atoms with van der Waals surface area (Å²) >= 11 is 0. The van der Waals surface area contributed by atoms with E-state index < -0.39 is 6.36 Å². The summed E-state index contributed by atoms with van der Waals surface area (Å²) in [5, 5.41) is 25.8. The van der Waals surface area contributed by atoms with Gasteiger partial charge in [-0.2, -0.15) is 0 Å². The van der Waals surface area contributed by atoms with Gasteiger partial charge in [-0.3, -0.25) is 0 Å². The smallest absolute Gasteiger partial charge is 0.504 e. The van der Waals surface area contributed by atoms with E-state index in [9.17, 15) is 23.4 Å². The van der Waals surface area contributed by atoms with Crippen molar-refractivity contribution in [2.75, 3.05) is 6.61 Å². The summed E-state index contributed by atoms with van der Waals surface area (Å²) in [4.78, 5) is 5.64. The van der Waals surface area contributed by atoms with Crippen molar-refractivity contribution in [3.8, 4) is 17.2 Å². The monoisotopic (exact) mass is 519 g/mol. The Balaban J connectivity index is 1.44. The highest BCUT2D eigenvalue weighted by molar-refractivity contribution is 6.03. The van der Waals surface area contributed by atoms with Gasteiger partial charge in [-0.25, -0.2) is 0 Å². The Morgan fingerprint density at radius 1 is 1.14 bits per heavy atom. The minimum atomic E-state index is -4.77. The zero-order valence-electron chi connectivity index (χ0n) is 20.9. The fourth-order valence-electron chi connectivity index (χ4n) is 6.78. The Morgan fingerprint density at radius 2 is 1.95 bits per heavy atom. The highest BCUT2D eigenvalue weighted by Crippen LogP contribution is 2.61. The quantitative estimate of drug-likeness (QED) is 0.439. The van der Waals surface area contributed by atoms with E-state index >= 15 is 0 Å². The lowest BCUT2D eigenvalue weighted by atomic mass is 9.55. The number of aromatic hydroxyl groups is 1. The van der Waals surface area contributed by atoms with Crippen molar-refractivity contribution in [3.05, 3.63) is 53.1 Å². The molecular weight excluding hydrogens is 487 g/mol. The second-order valence-electron chi connectivity index (χ2n) is 10.6. The molecule has 6 nitrogen and oxygen atoms in total. The molecule has 0 saturated heterocycles. The van der Waals surface area contributed by atoms with E-state index in [1.807, 2.05) is 13.0 Å². The highest BCUT2D eigenvalue weighted by Gasteiger charge is 2.55. The molecule has 9 heteroatoms. The Bertz CT molecular complexity index is 1180. The number of nitrogens with zero attached hydrogens (tertiary/aromatic N) is 1. The fourth-order valence-corrected chi connectivity index (χ4v) is 6.78. The number of benzene rings is 2. The van der Waals surface area contributed by atoms with Crippen LogP contribution in [0, 0.1) is 17.3 Å². The third-order valence-corrected chi connectivity index (χ3v) is 8.50. The van der Waals surface area contributed by atoms with E-state index in [4.69, 9.17) is 9.57 Å². The molecule has 0 amide bonds. The van der Waals surface area contributed by atoms with E-state index in [0.717, 1.165) is 36.8 Å². The van der Waals surface area contributed by atoms with Gasteiger partial charge >= 0.3 is 6.36 Å². The zero-order valence-corrected chi connectivity index (χ0v) is 20.9. The molecule has 0 spiro atoms. The summed E-state index contributed by atoms with van der Waals surface area (Å²) in [7, 11) is 0. The SMILES string of the molecule is CCOc1cc2c(cc1O)C(=NOCc1cccc(OC(F)(F)F)c1)C[C@@H]1[C@@H]2CC[C@]2(C)[C@H](O)CC[C@@H]12. The molecule has 0 bridgehead atoms. The first-order valence-corrected chi connectivity index (χ1v) is 12.8. The van der Waals surface area contributed by atoms with Crippen LogP contribution in [0.5, 0.6) is 17.2 Å². The first-order chi connectivity index (χ1) is 17.6. The molecule has 37 heavy (non-hydrogen) atoms. The molecule has 3 aliphatic carbocycles. The first-order valence-electron chi connectivity index (χ1n) is 12.8. The Labute approximate surface area is 214 Å². The van der Waals surface area contributed by atoms with Gasteiger partial charge < -0.3 is 24.5 Å². The van der Waals surface area contributed by atoms with E-state index in [1.54, 1.807) is 12.1 Å². The molecule has 0 aliphatic heterocycles. The molecule has 2 N–H and O–H groups in total. The lowest BCUT2D eigenvalue weighted by Gasteiger charge is -2.50. The largest absolute Gasteiger partial charge is 0.573 e. The number of aliphatic hydroxyl groups is 1. The van der Waals surface area contributed by atoms with Gasteiger partial charge in [0.15, 0.2) is 11.5 Å². The van der Waals surface area contributed by atoms with Crippen LogP contribution in [0.15, 0.2) is 41.6 Å². The third-order valence-electron chi connectivity index (χ3n) is 8.50. The number of alkyl halides is 3. The van der Waals surface area contributed by atoms with Crippen LogP contribution in [0.3, 0.4) is 0 Å². The molecule has 200 valence electrons. The standard InChI is InChI=1S/C28H32F3NO5/c1-3-35-25-14-19-18-9-10-27(2)22(7-8-26(27)34)20(18)12-23(21(19)13-24(25)33)32-36-15-16-5-4-6-17(11-16)37-28(29,30)31/h4-6,11,13-14,18,20,22,26,33-34H,3,7-10,12,15H2,1-2H3/t18-,20-,22+,26-,27+/m1/s1. The van der Waals surface area contributed by atoms with Gasteiger partial charge in [0, 0.05) is 5.56 Å². The van der Waals surface area contributed by atoms with Crippen LogP contribution in [-0.2, 0) is 11.4 Å². The van der Waals surface area contributed by atoms with Gasteiger partial charge in [-0.1, -0.05) is 24.2 Å². The first kappa shape index (κ1) is 25.7. The number of fused-ring (bicyclic) bond motifs is 5. The van der Waals surface area contributed by atoms with Gasteiger partial charge in [0.1, 0.15) is 12.4 Å². The van der Waals surface area contributed by atoms with Crippen LogP contribution in [-0.4, -0.2) is 35.0 Å². The van der Waals surface area contributed by atoms with Gasteiger partial charge in [0.05, 0.1) is 18.4 Å². The summed E-state index contributed by atoms with van der Waals surface area (Å²) in [5.74, 6) is 0.993. The Kier molecular flexibility index (Phi) is 6.77. The second kappa shape index (κ2) is 9.74. The molecule has 5 rings (SSSR count). The second-order valence-corrected chi connectivity index (χ2v) is 10.6. The number of ether oxygens (including phenoxy) is 2. The number of oxime groups is 1. The zero-order chi connectivity index (χ0) is 26.4. The summed E-state index contributed by atoms with van der Waals surface area (Å²) in [6.45, 7) is 4.44. The van der Waals surface area contributed by atoms with Crippen LogP contribution < -0.4 is 9.47 Å².